The second kappa shape index (κ2) is 2.62. The summed E-state index contributed by atoms with van der Waals surface area (Å²) in [5.74, 6) is 0. The molecule has 0 saturated carbocycles. The highest BCUT2D eigenvalue weighted by Gasteiger charge is 2.21. The predicted octanol–water partition coefficient (Wildman–Crippen LogP) is 0.803. The Bertz CT molecular complexity index is 240. The van der Waals surface area contributed by atoms with Gasteiger partial charge in [0.15, 0.2) is 0 Å². The maximum atomic E-state index is 4.62. The fraction of sp³-hybridized carbons (Fsp3) is 0.714. The monoisotopic (exact) mass is 153 g/mol. The lowest BCUT2D eigenvalue weighted by atomic mass is 10.1. The van der Waals surface area contributed by atoms with Crippen LogP contribution in [0.15, 0.2) is 4.63 Å². The fourth-order valence-electron chi connectivity index (χ4n) is 1.47. The molecule has 0 radical (unpaired) electrons. The lowest BCUT2D eigenvalue weighted by Crippen LogP contribution is -2.14. The van der Waals surface area contributed by atoms with Gasteiger partial charge >= 0.3 is 0 Å². The van der Waals surface area contributed by atoms with Crippen LogP contribution < -0.4 is 5.32 Å². The summed E-state index contributed by atoms with van der Waals surface area (Å²) in [6.45, 7) is 3.00. The van der Waals surface area contributed by atoms with Crippen LogP contribution in [0.1, 0.15) is 30.3 Å². The molecule has 0 aromatic carbocycles. The van der Waals surface area contributed by atoms with Gasteiger partial charge in [-0.1, -0.05) is 10.3 Å². The van der Waals surface area contributed by atoms with E-state index in [0.717, 1.165) is 24.4 Å². The van der Waals surface area contributed by atoms with Crippen molar-refractivity contribution in [3.05, 3.63) is 11.4 Å². The minimum atomic E-state index is 0.376. The van der Waals surface area contributed by atoms with Crippen LogP contribution in [0.5, 0.6) is 0 Å². The SMILES string of the molecule is Cc1nonc1C1CCCN1. The second-order valence-electron chi connectivity index (χ2n) is 2.88. The first kappa shape index (κ1) is 6.79. The van der Waals surface area contributed by atoms with Crippen LogP contribution in [0.2, 0.25) is 0 Å². The number of hydrogen-bond donors (Lipinski definition) is 1. The third kappa shape index (κ3) is 1.14. The molecule has 4 heteroatoms. The Labute approximate surface area is 64.9 Å². The Morgan fingerprint density at radius 1 is 1.55 bits per heavy atom. The summed E-state index contributed by atoms with van der Waals surface area (Å²) >= 11 is 0. The first-order chi connectivity index (χ1) is 5.38. The highest BCUT2D eigenvalue weighted by molar-refractivity contribution is 5.11. The van der Waals surface area contributed by atoms with E-state index in [0.29, 0.717) is 6.04 Å². The van der Waals surface area contributed by atoms with E-state index in [9.17, 15) is 0 Å². The highest BCUT2D eigenvalue weighted by atomic mass is 16.6. The highest BCUT2D eigenvalue weighted by Crippen LogP contribution is 2.22. The van der Waals surface area contributed by atoms with E-state index >= 15 is 0 Å². The Kier molecular flexibility index (Phi) is 1.62. The lowest BCUT2D eigenvalue weighted by Gasteiger charge is -2.03. The van der Waals surface area contributed by atoms with Gasteiger partial charge in [0, 0.05) is 0 Å². The second-order valence-corrected chi connectivity index (χ2v) is 2.88. The predicted molar refractivity (Wildman–Crippen MR) is 39.0 cm³/mol. The molecule has 1 aromatic rings. The van der Waals surface area contributed by atoms with Crippen LogP contribution >= 0.6 is 0 Å². The van der Waals surface area contributed by atoms with Crippen LogP contribution in [-0.4, -0.2) is 16.9 Å². The molecule has 1 atom stereocenters. The van der Waals surface area contributed by atoms with Crippen molar-refractivity contribution in [1.29, 1.82) is 0 Å². The van der Waals surface area contributed by atoms with Crippen LogP contribution in [0.3, 0.4) is 0 Å². The van der Waals surface area contributed by atoms with Crippen LogP contribution in [0.25, 0.3) is 0 Å². The molecule has 0 spiro atoms. The number of aromatic nitrogens is 2. The largest absolute Gasteiger partial charge is 0.308 e. The number of nitrogens with zero attached hydrogens (tertiary/aromatic N) is 2. The topological polar surface area (TPSA) is 51.0 Å². The average Bonchev–Trinajstić information content (AvgIpc) is 2.55. The first-order valence-corrected chi connectivity index (χ1v) is 3.90. The molecule has 0 bridgehead atoms. The van der Waals surface area contributed by atoms with Gasteiger partial charge in [-0.3, -0.25) is 0 Å². The molecule has 0 amide bonds. The Morgan fingerprint density at radius 3 is 3.00 bits per heavy atom. The van der Waals surface area contributed by atoms with E-state index in [1.807, 2.05) is 6.92 Å². The summed E-state index contributed by atoms with van der Waals surface area (Å²) in [6.07, 6.45) is 2.37. The molecule has 0 aliphatic carbocycles. The minimum Gasteiger partial charge on any atom is -0.308 e. The molecular formula is C7H11N3O. The fourth-order valence-corrected chi connectivity index (χ4v) is 1.47. The standard InChI is InChI=1S/C7H11N3O/c1-5-7(10-11-9-5)6-3-2-4-8-6/h6,8H,2-4H2,1H3. The van der Waals surface area contributed by atoms with E-state index < -0.39 is 0 Å². The third-order valence-corrected chi connectivity index (χ3v) is 2.08. The first-order valence-electron chi connectivity index (χ1n) is 3.90. The van der Waals surface area contributed by atoms with Gasteiger partial charge in [-0.2, -0.15) is 0 Å². The van der Waals surface area contributed by atoms with Gasteiger partial charge in [0.2, 0.25) is 0 Å². The molecule has 11 heavy (non-hydrogen) atoms. The number of rotatable bonds is 1. The molecule has 1 fully saturated rings. The molecule has 1 aliphatic rings. The summed E-state index contributed by atoms with van der Waals surface area (Å²) < 4.78 is 4.62. The van der Waals surface area contributed by atoms with Crippen molar-refractivity contribution in [2.24, 2.45) is 0 Å². The van der Waals surface area contributed by atoms with Gasteiger partial charge in [-0.05, 0) is 26.3 Å². The van der Waals surface area contributed by atoms with Crippen LogP contribution in [-0.2, 0) is 0 Å². The Hall–Kier alpha value is -0.900. The number of aryl methyl sites for hydroxylation is 1. The summed E-state index contributed by atoms with van der Waals surface area (Å²) in [5, 5.41) is 10.9. The van der Waals surface area contributed by atoms with Gasteiger partial charge in [-0.15, -0.1) is 0 Å². The molecule has 1 saturated heterocycles. The smallest absolute Gasteiger partial charge is 0.124 e. The quantitative estimate of drug-likeness (QED) is 0.648. The maximum absolute atomic E-state index is 4.62. The van der Waals surface area contributed by atoms with Gasteiger partial charge < -0.3 is 5.32 Å². The summed E-state index contributed by atoms with van der Waals surface area (Å²) in [6, 6.07) is 0.376. The van der Waals surface area contributed by atoms with Crippen LogP contribution in [0, 0.1) is 6.92 Å². The molecule has 1 N–H and O–H groups in total. The maximum Gasteiger partial charge on any atom is 0.124 e. The molecular weight excluding hydrogens is 142 g/mol. The van der Waals surface area contributed by atoms with Gasteiger partial charge in [0.25, 0.3) is 0 Å². The van der Waals surface area contributed by atoms with Crippen molar-refractivity contribution in [2.45, 2.75) is 25.8 Å². The zero-order valence-electron chi connectivity index (χ0n) is 6.50. The van der Waals surface area contributed by atoms with E-state index in [4.69, 9.17) is 0 Å². The van der Waals surface area contributed by atoms with Crippen molar-refractivity contribution < 1.29 is 4.63 Å². The summed E-state index contributed by atoms with van der Waals surface area (Å²) in [5.41, 5.74) is 1.88. The zero-order valence-corrected chi connectivity index (χ0v) is 6.50. The van der Waals surface area contributed by atoms with Crippen LogP contribution in [0.4, 0.5) is 0 Å². The van der Waals surface area contributed by atoms with Gasteiger partial charge in [-0.25, -0.2) is 4.63 Å². The van der Waals surface area contributed by atoms with Gasteiger partial charge in [0.05, 0.1) is 6.04 Å². The molecule has 60 valence electrons. The number of nitrogens with one attached hydrogen (secondary N) is 1. The number of hydrogen-bond acceptors (Lipinski definition) is 4. The minimum absolute atomic E-state index is 0.376. The van der Waals surface area contributed by atoms with Crippen molar-refractivity contribution in [3.63, 3.8) is 0 Å². The molecule has 1 aliphatic heterocycles. The third-order valence-electron chi connectivity index (χ3n) is 2.08. The van der Waals surface area contributed by atoms with Gasteiger partial charge in [0.1, 0.15) is 11.4 Å². The molecule has 1 unspecified atom stereocenters. The Balaban J connectivity index is 2.21. The molecule has 1 aromatic heterocycles. The summed E-state index contributed by atoms with van der Waals surface area (Å²) in [4.78, 5) is 0. The van der Waals surface area contributed by atoms with Crippen molar-refractivity contribution in [1.82, 2.24) is 15.6 Å². The van der Waals surface area contributed by atoms with E-state index in [2.05, 4.69) is 20.3 Å². The normalized spacial score (nSPS) is 24.3. The summed E-state index contributed by atoms with van der Waals surface area (Å²) in [7, 11) is 0. The van der Waals surface area contributed by atoms with E-state index in [-0.39, 0.29) is 0 Å². The molecule has 4 nitrogen and oxygen atoms in total. The van der Waals surface area contributed by atoms with Crippen molar-refractivity contribution in [2.75, 3.05) is 6.54 Å². The van der Waals surface area contributed by atoms with Crippen molar-refractivity contribution >= 4 is 0 Å². The Morgan fingerprint density at radius 2 is 2.45 bits per heavy atom. The molecule has 2 heterocycles. The molecule has 2 rings (SSSR count). The average molecular weight is 153 g/mol. The zero-order chi connectivity index (χ0) is 7.68. The lowest BCUT2D eigenvalue weighted by molar-refractivity contribution is 0.298. The van der Waals surface area contributed by atoms with Crippen molar-refractivity contribution in [3.8, 4) is 0 Å². The van der Waals surface area contributed by atoms with E-state index in [1.54, 1.807) is 0 Å². The van der Waals surface area contributed by atoms with E-state index in [1.165, 1.54) is 6.42 Å².